The summed E-state index contributed by atoms with van der Waals surface area (Å²) in [6, 6.07) is 11.9. The third-order valence-corrected chi connectivity index (χ3v) is 6.91. The van der Waals surface area contributed by atoms with Crippen molar-refractivity contribution < 1.29 is 29.1 Å². The van der Waals surface area contributed by atoms with E-state index in [9.17, 15) is 29.1 Å². The number of primary amides is 1. The van der Waals surface area contributed by atoms with Gasteiger partial charge in [-0.3, -0.25) is 19.2 Å². The number of rotatable bonds is 15. The van der Waals surface area contributed by atoms with Crippen molar-refractivity contribution in [3.63, 3.8) is 0 Å². The quantitative estimate of drug-likeness (QED) is 0.137. The summed E-state index contributed by atoms with van der Waals surface area (Å²) in [4.78, 5) is 66.3. The van der Waals surface area contributed by atoms with Gasteiger partial charge in [-0.25, -0.2) is 4.79 Å². The zero-order valence-corrected chi connectivity index (χ0v) is 23.6. The van der Waals surface area contributed by atoms with E-state index < -0.39 is 59.7 Å². The van der Waals surface area contributed by atoms with Crippen molar-refractivity contribution in [2.24, 2.45) is 17.4 Å². The summed E-state index contributed by atoms with van der Waals surface area (Å²) >= 11 is 0. The Hall–Kier alpha value is -4.71. The molecule has 12 nitrogen and oxygen atoms in total. The number of hydrogen-bond acceptors (Lipinski definition) is 6. The van der Waals surface area contributed by atoms with Gasteiger partial charge in [0.15, 0.2) is 0 Å². The highest BCUT2D eigenvalue weighted by atomic mass is 16.4. The first-order valence-electron chi connectivity index (χ1n) is 13.7. The minimum atomic E-state index is -1.23. The number of carbonyl (C=O) groups is 5. The largest absolute Gasteiger partial charge is 0.480 e. The van der Waals surface area contributed by atoms with Crippen molar-refractivity contribution in [3.05, 3.63) is 71.9 Å². The Balaban J connectivity index is 1.83. The number of nitrogens with two attached hydrogens (primary N) is 2. The Bertz CT molecular complexity index is 1410. The lowest BCUT2D eigenvalue weighted by Gasteiger charge is -2.26. The first-order valence-corrected chi connectivity index (χ1v) is 13.7. The first kappa shape index (κ1) is 31.8. The number of fused-ring (bicyclic) bond motifs is 1. The van der Waals surface area contributed by atoms with Crippen LogP contribution in [-0.2, 0) is 36.8 Å². The maximum absolute atomic E-state index is 13.5. The normalized spacial score (nSPS) is 14.0. The summed E-state index contributed by atoms with van der Waals surface area (Å²) in [7, 11) is 0. The zero-order valence-electron chi connectivity index (χ0n) is 23.6. The van der Waals surface area contributed by atoms with E-state index in [4.69, 9.17) is 11.5 Å². The van der Waals surface area contributed by atoms with Crippen LogP contribution in [0, 0.1) is 5.92 Å². The van der Waals surface area contributed by atoms with E-state index in [0.29, 0.717) is 5.56 Å². The topological polar surface area (TPSA) is 210 Å². The van der Waals surface area contributed by atoms with Crippen LogP contribution in [0.2, 0.25) is 0 Å². The van der Waals surface area contributed by atoms with Crippen molar-refractivity contribution in [3.8, 4) is 0 Å². The van der Waals surface area contributed by atoms with Gasteiger partial charge in [-0.05, 0) is 36.0 Å². The second-order valence-corrected chi connectivity index (χ2v) is 10.6. The van der Waals surface area contributed by atoms with Crippen LogP contribution in [0.3, 0.4) is 0 Å². The number of para-hydroxylation sites is 1. The van der Waals surface area contributed by atoms with E-state index in [0.717, 1.165) is 16.5 Å². The second kappa shape index (κ2) is 14.8. The standard InChI is InChI=1S/C30H38N6O6/c1-17(2)26(30(41)42)36-29(40)24(15-19-16-33-22-11-7-6-10-20(19)22)35-28(39)23(12-13-25(32)37)34-27(38)21(31)14-18-8-4-3-5-9-18/h3-11,16-17,21,23-24,26,33H,12-15,31H2,1-2H3,(H2,32,37)(H,34,38)(H,35,39)(H,36,40)(H,41,42). The summed E-state index contributed by atoms with van der Waals surface area (Å²) in [5.41, 5.74) is 13.8. The molecule has 4 amide bonds. The van der Waals surface area contributed by atoms with E-state index >= 15 is 0 Å². The molecule has 0 spiro atoms. The smallest absolute Gasteiger partial charge is 0.326 e. The molecule has 1 heterocycles. The molecule has 1 aromatic heterocycles. The molecular weight excluding hydrogens is 540 g/mol. The number of aromatic amines is 1. The van der Waals surface area contributed by atoms with Crippen LogP contribution in [0.25, 0.3) is 10.9 Å². The molecule has 4 unspecified atom stereocenters. The van der Waals surface area contributed by atoms with Gasteiger partial charge in [0, 0.05) is 29.9 Å². The van der Waals surface area contributed by atoms with E-state index in [1.54, 1.807) is 20.0 Å². The van der Waals surface area contributed by atoms with Crippen LogP contribution in [0.1, 0.15) is 37.8 Å². The van der Waals surface area contributed by atoms with Crippen molar-refractivity contribution in [1.82, 2.24) is 20.9 Å². The van der Waals surface area contributed by atoms with E-state index in [2.05, 4.69) is 20.9 Å². The highest BCUT2D eigenvalue weighted by Crippen LogP contribution is 2.19. The molecule has 9 N–H and O–H groups in total. The highest BCUT2D eigenvalue weighted by Gasteiger charge is 2.32. The van der Waals surface area contributed by atoms with Crippen molar-refractivity contribution in [2.45, 2.75) is 63.7 Å². The van der Waals surface area contributed by atoms with Crippen LogP contribution in [0.15, 0.2) is 60.8 Å². The summed E-state index contributed by atoms with van der Waals surface area (Å²) in [5.74, 6) is -4.39. The molecule has 3 aromatic rings. The van der Waals surface area contributed by atoms with Crippen LogP contribution < -0.4 is 27.4 Å². The Morgan fingerprint density at radius 2 is 1.45 bits per heavy atom. The Labute approximate surface area is 243 Å². The van der Waals surface area contributed by atoms with Crippen LogP contribution in [0.4, 0.5) is 0 Å². The summed E-state index contributed by atoms with van der Waals surface area (Å²) in [6.07, 6.45) is 1.61. The Morgan fingerprint density at radius 3 is 2.10 bits per heavy atom. The lowest BCUT2D eigenvalue weighted by molar-refractivity contribution is -0.143. The number of benzene rings is 2. The highest BCUT2D eigenvalue weighted by molar-refractivity contribution is 5.95. The molecule has 0 radical (unpaired) electrons. The SMILES string of the molecule is CC(C)C(NC(=O)C(Cc1c[nH]c2ccccc12)NC(=O)C(CCC(N)=O)NC(=O)C(N)Cc1ccccc1)C(=O)O. The fourth-order valence-electron chi connectivity index (χ4n) is 4.56. The van der Waals surface area contributed by atoms with Crippen LogP contribution in [0.5, 0.6) is 0 Å². The van der Waals surface area contributed by atoms with Crippen LogP contribution in [-0.4, -0.2) is 63.9 Å². The number of H-pyrrole nitrogens is 1. The first-order chi connectivity index (χ1) is 20.0. The minimum Gasteiger partial charge on any atom is -0.480 e. The third kappa shape index (κ3) is 8.90. The fourth-order valence-corrected chi connectivity index (χ4v) is 4.56. The number of nitrogens with one attached hydrogen (secondary N) is 4. The van der Waals surface area contributed by atoms with Gasteiger partial charge in [0.25, 0.3) is 0 Å². The molecule has 0 saturated heterocycles. The number of carboxylic acids is 1. The van der Waals surface area contributed by atoms with Crippen molar-refractivity contribution in [2.75, 3.05) is 0 Å². The maximum Gasteiger partial charge on any atom is 0.326 e. The number of carboxylic acid groups (broad SMARTS) is 1. The lowest BCUT2D eigenvalue weighted by atomic mass is 10.0. The van der Waals surface area contributed by atoms with Gasteiger partial charge >= 0.3 is 5.97 Å². The summed E-state index contributed by atoms with van der Waals surface area (Å²) in [5, 5.41) is 18.2. The molecule has 224 valence electrons. The average molecular weight is 579 g/mol. The molecule has 0 aliphatic heterocycles. The number of aliphatic carboxylic acids is 1. The molecule has 4 atom stereocenters. The van der Waals surface area contributed by atoms with Crippen LogP contribution >= 0.6 is 0 Å². The van der Waals surface area contributed by atoms with Crippen molar-refractivity contribution >= 4 is 40.5 Å². The minimum absolute atomic E-state index is 0.0238. The molecule has 0 fully saturated rings. The summed E-state index contributed by atoms with van der Waals surface area (Å²) in [6.45, 7) is 3.31. The average Bonchev–Trinajstić information content (AvgIpc) is 3.36. The van der Waals surface area contributed by atoms with Gasteiger partial charge in [-0.1, -0.05) is 62.4 Å². The predicted molar refractivity (Wildman–Crippen MR) is 157 cm³/mol. The molecule has 0 aliphatic carbocycles. The van der Waals surface area contributed by atoms with Gasteiger partial charge in [0.05, 0.1) is 6.04 Å². The molecular formula is C30H38N6O6. The van der Waals surface area contributed by atoms with Gasteiger partial charge < -0.3 is 37.5 Å². The van der Waals surface area contributed by atoms with Crippen molar-refractivity contribution in [1.29, 1.82) is 0 Å². The fraction of sp³-hybridized carbons (Fsp3) is 0.367. The molecule has 3 rings (SSSR count). The monoisotopic (exact) mass is 578 g/mol. The molecule has 12 heteroatoms. The van der Waals surface area contributed by atoms with E-state index in [1.165, 1.54) is 0 Å². The zero-order chi connectivity index (χ0) is 30.8. The molecule has 0 aliphatic rings. The van der Waals surface area contributed by atoms with E-state index in [-0.39, 0.29) is 25.7 Å². The van der Waals surface area contributed by atoms with Gasteiger partial charge in [0.1, 0.15) is 18.1 Å². The number of aromatic nitrogens is 1. The lowest BCUT2D eigenvalue weighted by Crippen LogP contribution is -2.58. The van der Waals surface area contributed by atoms with E-state index in [1.807, 2.05) is 54.6 Å². The molecule has 42 heavy (non-hydrogen) atoms. The number of carbonyl (C=O) groups excluding carboxylic acids is 4. The number of amides is 4. The molecule has 0 saturated carbocycles. The molecule has 2 aromatic carbocycles. The van der Waals surface area contributed by atoms with Gasteiger partial charge in [-0.15, -0.1) is 0 Å². The Morgan fingerprint density at radius 1 is 0.833 bits per heavy atom. The molecule has 0 bridgehead atoms. The van der Waals surface area contributed by atoms with Gasteiger partial charge in [-0.2, -0.15) is 0 Å². The van der Waals surface area contributed by atoms with Gasteiger partial charge in [0.2, 0.25) is 23.6 Å². The third-order valence-electron chi connectivity index (χ3n) is 6.91. The number of hydrogen-bond donors (Lipinski definition) is 7. The maximum atomic E-state index is 13.5. The summed E-state index contributed by atoms with van der Waals surface area (Å²) < 4.78 is 0. The second-order valence-electron chi connectivity index (χ2n) is 10.6. The predicted octanol–water partition coefficient (Wildman–Crippen LogP) is 0.741. The Kier molecular flexibility index (Phi) is 11.2.